The molecule has 0 spiro atoms. The fourth-order valence-electron chi connectivity index (χ4n) is 1.79. The number of hydrogen-bond donors (Lipinski definition) is 0. The van der Waals surface area contributed by atoms with Crippen LogP contribution >= 0.6 is 0 Å². The number of ether oxygens (including phenoxy) is 3. The minimum Gasteiger partial charge on any atom is -0.490 e. The van der Waals surface area contributed by atoms with Crippen molar-refractivity contribution in [1.29, 1.82) is 0 Å². The molecule has 5 nitrogen and oxygen atoms in total. The van der Waals surface area contributed by atoms with Gasteiger partial charge in [0.05, 0.1) is 25.4 Å². The molecular formula is C16H21FO5. The highest BCUT2D eigenvalue weighted by atomic mass is 19.1. The first-order valence-electron chi connectivity index (χ1n) is 7.30. The number of halogens is 1. The third kappa shape index (κ3) is 4.44. The van der Waals surface area contributed by atoms with Crippen LogP contribution in [0.1, 0.15) is 37.6 Å². The molecule has 1 atom stereocenters. The first kappa shape index (κ1) is 17.9. The summed E-state index contributed by atoms with van der Waals surface area (Å²) in [6, 6.07) is 4.56. The second kappa shape index (κ2) is 9.02. The van der Waals surface area contributed by atoms with E-state index >= 15 is 0 Å². The van der Waals surface area contributed by atoms with Crippen LogP contribution in [-0.4, -0.2) is 37.7 Å². The Balaban J connectivity index is 3.05. The highest BCUT2D eigenvalue weighted by molar-refractivity contribution is 6.12. The molecule has 0 bridgehead atoms. The molecule has 0 fully saturated rings. The molecule has 0 aliphatic heterocycles. The number of esters is 1. The van der Waals surface area contributed by atoms with Gasteiger partial charge in [-0.25, -0.2) is 9.18 Å². The van der Waals surface area contributed by atoms with Crippen molar-refractivity contribution in [2.75, 3.05) is 19.8 Å². The van der Waals surface area contributed by atoms with Gasteiger partial charge >= 0.3 is 5.97 Å². The molecule has 0 saturated heterocycles. The molecule has 0 aliphatic carbocycles. The van der Waals surface area contributed by atoms with E-state index in [1.807, 2.05) is 0 Å². The maximum atomic E-state index is 14.0. The van der Waals surface area contributed by atoms with Crippen molar-refractivity contribution in [3.63, 3.8) is 0 Å². The first-order valence-corrected chi connectivity index (χ1v) is 7.30. The maximum Gasteiger partial charge on any atom is 0.349 e. The fourth-order valence-corrected chi connectivity index (χ4v) is 1.79. The lowest BCUT2D eigenvalue weighted by Crippen LogP contribution is -2.28. The van der Waals surface area contributed by atoms with Crippen LogP contribution in [-0.2, 0) is 9.53 Å². The van der Waals surface area contributed by atoms with Gasteiger partial charge in [-0.15, -0.1) is 0 Å². The zero-order valence-electron chi connectivity index (χ0n) is 13.1. The van der Waals surface area contributed by atoms with E-state index in [2.05, 4.69) is 4.74 Å². The lowest BCUT2D eigenvalue weighted by atomic mass is 10.1. The highest BCUT2D eigenvalue weighted by Crippen LogP contribution is 2.32. The van der Waals surface area contributed by atoms with E-state index < -0.39 is 17.9 Å². The summed E-state index contributed by atoms with van der Waals surface area (Å²) in [5.74, 6) is -1.70. The Labute approximate surface area is 129 Å². The van der Waals surface area contributed by atoms with Gasteiger partial charge in [0.1, 0.15) is 0 Å². The molecule has 1 aromatic rings. The van der Waals surface area contributed by atoms with Crippen molar-refractivity contribution >= 4 is 11.8 Å². The highest BCUT2D eigenvalue weighted by Gasteiger charge is 2.31. The van der Waals surface area contributed by atoms with Crippen molar-refractivity contribution < 1.29 is 28.2 Å². The molecule has 0 N–H and O–H groups in total. The Morgan fingerprint density at radius 1 is 1.14 bits per heavy atom. The van der Waals surface area contributed by atoms with E-state index in [9.17, 15) is 14.0 Å². The Bertz CT molecular complexity index is 515. The van der Waals surface area contributed by atoms with Gasteiger partial charge in [0.15, 0.2) is 11.5 Å². The summed E-state index contributed by atoms with van der Waals surface area (Å²) in [7, 11) is 0. The minimum atomic E-state index is -2.37. The molecule has 1 rings (SSSR count). The van der Waals surface area contributed by atoms with E-state index in [1.165, 1.54) is 6.07 Å². The quantitative estimate of drug-likeness (QED) is 0.398. The van der Waals surface area contributed by atoms with E-state index in [-0.39, 0.29) is 24.5 Å². The fraction of sp³-hybridized carbons (Fsp3) is 0.500. The van der Waals surface area contributed by atoms with Crippen LogP contribution in [0.15, 0.2) is 18.2 Å². The third-order valence-corrected chi connectivity index (χ3v) is 2.72. The number of para-hydroxylation sites is 1. The van der Waals surface area contributed by atoms with Crippen molar-refractivity contribution in [3.05, 3.63) is 23.8 Å². The first-order chi connectivity index (χ1) is 10.6. The smallest absolute Gasteiger partial charge is 0.349 e. The van der Waals surface area contributed by atoms with E-state index in [0.29, 0.717) is 18.8 Å². The van der Waals surface area contributed by atoms with Crippen molar-refractivity contribution in [2.45, 2.75) is 33.4 Å². The molecule has 0 radical (unpaired) electrons. The van der Waals surface area contributed by atoms with Crippen molar-refractivity contribution in [1.82, 2.24) is 0 Å². The van der Waals surface area contributed by atoms with Gasteiger partial charge < -0.3 is 14.2 Å². The maximum absolute atomic E-state index is 14.0. The van der Waals surface area contributed by atoms with Crippen LogP contribution in [0.5, 0.6) is 11.5 Å². The average molecular weight is 312 g/mol. The number of carbonyl (C=O) groups is 2. The Morgan fingerprint density at radius 2 is 1.82 bits per heavy atom. The monoisotopic (exact) mass is 312 g/mol. The zero-order valence-corrected chi connectivity index (χ0v) is 13.1. The predicted octanol–water partition coefficient (Wildman–Crippen LogP) is 2.96. The van der Waals surface area contributed by atoms with Gasteiger partial charge in [-0.1, -0.05) is 13.0 Å². The second-order valence-electron chi connectivity index (χ2n) is 4.39. The predicted molar refractivity (Wildman–Crippen MR) is 79.3 cm³/mol. The summed E-state index contributed by atoms with van der Waals surface area (Å²) < 4.78 is 29.4. The van der Waals surface area contributed by atoms with Gasteiger partial charge in [-0.05, 0) is 32.4 Å². The van der Waals surface area contributed by atoms with Gasteiger partial charge in [-0.3, -0.25) is 4.79 Å². The van der Waals surface area contributed by atoms with Crippen LogP contribution in [0, 0.1) is 0 Å². The molecule has 0 saturated carbocycles. The molecule has 0 amide bonds. The topological polar surface area (TPSA) is 61.8 Å². The lowest BCUT2D eigenvalue weighted by Gasteiger charge is -2.15. The van der Waals surface area contributed by atoms with Crippen LogP contribution in [0.4, 0.5) is 4.39 Å². The molecule has 22 heavy (non-hydrogen) atoms. The van der Waals surface area contributed by atoms with Crippen LogP contribution in [0.2, 0.25) is 0 Å². The van der Waals surface area contributed by atoms with Gasteiger partial charge in [0.2, 0.25) is 5.78 Å². The summed E-state index contributed by atoms with van der Waals surface area (Å²) in [5, 5.41) is 0. The van der Waals surface area contributed by atoms with Gasteiger partial charge in [0, 0.05) is 0 Å². The zero-order chi connectivity index (χ0) is 16.5. The van der Waals surface area contributed by atoms with E-state index in [4.69, 9.17) is 9.47 Å². The second-order valence-corrected chi connectivity index (χ2v) is 4.39. The SMILES string of the molecule is CCCOC(=O)C(F)C(=O)c1cccc(OCC)c1OCC. The lowest BCUT2D eigenvalue weighted by molar-refractivity contribution is -0.147. The summed E-state index contributed by atoms with van der Waals surface area (Å²) >= 11 is 0. The van der Waals surface area contributed by atoms with Crippen molar-refractivity contribution in [3.8, 4) is 11.5 Å². The van der Waals surface area contributed by atoms with Crippen LogP contribution in [0.3, 0.4) is 0 Å². The van der Waals surface area contributed by atoms with E-state index in [1.54, 1.807) is 32.9 Å². The Hall–Kier alpha value is -2.11. The molecule has 1 unspecified atom stereocenters. The Kier molecular flexibility index (Phi) is 7.36. The van der Waals surface area contributed by atoms with Gasteiger partial charge in [-0.2, -0.15) is 0 Å². The molecular weight excluding hydrogens is 291 g/mol. The van der Waals surface area contributed by atoms with E-state index in [0.717, 1.165) is 0 Å². The number of ketones is 1. The molecule has 6 heteroatoms. The number of Topliss-reactive ketones (excluding diaryl/α,β-unsaturated/α-hetero) is 1. The molecule has 122 valence electrons. The molecule has 1 aromatic carbocycles. The van der Waals surface area contributed by atoms with Crippen molar-refractivity contribution in [2.24, 2.45) is 0 Å². The standard InChI is InChI=1S/C16H21FO5/c1-4-10-22-16(19)13(17)14(18)11-8-7-9-12(20-5-2)15(11)21-6-3/h7-9,13H,4-6,10H2,1-3H3. The minimum absolute atomic E-state index is 0.0336. The third-order valence-electron chi connectivity index (χ3n) is 2.72. The summed E-state index contributed by atoms with van der Waals surface area (Å²) in [5.41, 5.74) is -0.0336. The summed E-state index contributed by atoms with van der Waals surface area (Å²) in [6.07, 6.45) is -1.82. The summed E-state index contributed by atoms with van der Waals surface area (Å²) in [6.45, 7) is 6.02. The molecule has 0 aliphatic rings. The Morgan fingerprint density at radius 3 is 2.41 bits per heavy atom. The number of carbonyl (C=O) groups excluding carboxylic acids is 2. The number of alkyl halides is 1. The number of hydrogen-bond acceptors (Lipinski definition) is 5. The molecule has 0 aromatic heterocycles. The molecule has 0 heterocycles. The largest absolute Gasteiger partial charge is 0.490 e. The number of rotatable bonds is 9. The van der Waals surface area contributed by atoms with Crippen LogP contribution < -0.4 is 9.47 Å². The van der Waals surface area contributed by atoms with Gasteiger partial charge in [0.25, 0.3) is 6.17 Å². The number of benzene rings is 1. The average Bonchev–Trinajstić information content (AvgIpc) is 2.53. The summed E-state index contributed by atoms with van der Waals surface area (Å²) in [4.78, 5) is 23.7. The van der Waals surface area contributed by atoms with Crippen LogP contribution in [0.25, 0.3) is 0 Å². The normalized spacial score (nSPS) is 11.6.